The second-order valence-corrected chi connectivity index (χ2v) is 4.21. The number of benzene rings is 1. The number of carbonyl (C=O) groups is 1. The van der Waals surface area contributed by atoms with Crippen molar-refractivity contribution in [1.29, 1.82) is 0 Å². The lowest BCUT2D eigenvalue weighted by atomic mass is 10.1. The van der Waals surface area contributed by atoms with E-state index < -0.39 is 16.7 Å². The number of carbonyl (C=O) groups excluding carboxylic acids is 1. The average molecular weight is 251 g/mol. The predicted octanol–water partition coefficient (Wildman–Crippen LogP) is 3.40. The van der Waals surface area contributed by atoms with Crippen LogP contribution < -0.4 is 4.74 Å². The van der Waals surface area contributed by atoms with E-state index in [4.69, 9.17) is 27.9 Å². The van der Waals surface area contributed by atoms with Crippen molar-refractivity contribution in [3.05, 3.63) is 29.0 Å². The molecule has 0 saturated carbocycles. The van der Waals surface area contributed by atoms with Gasteiger partial charge in [0.2, 0.25) is 0 Å². The Morgan fingerprint density at radius 2 is 2.07 bits per heavy atom. The highest BCUT2D eigenvalue weighted by molar-refractivity contribution is 6.65. The molecule has 0 aliphatic rings. The Morgan fingerprint density at radius 3 is 2.53 bits per heavy atom. The smallest absolute Gasteiger partial charge is 0.264 e. The molecule has 0 N–H and O–H groups in total. The van der Waals surface area contributed by atoms with E-state index in [1.807, 2.05) is 0 Å². The van der Waals surface area contributed by atoms with Gasteiger partial charge < -0.3 is 4.74 Å². The van der Waals surface area contributed by atoms with Crippen LogP contribution in [-0.4, -0.2) is 10.8 Å². The Kier molecular flexibility index (Phi) is 3.58. The van der Waals surface area contributed by atoms with Crippen molar-refractivity contribution < 1.29 is 13.9 Å². The van der Waals surface area contributed by atoms with E-state index in [0.717, 1.165) is 6.07 Å². The molecule has 2 nitrogen and oxygen atoms in total. The van der Waals surface area contributed by atoms with E-state index in [0.29, 0.717) is 0 Å². The van der Waals surface area contributed by atoms with Crippen molar-refractivity contribution in [3.63, 3.8) is 0 Å². The topological polar surface area (TPSA) is 26.3 Å². The van der Waals surface area contributed by atoms with Crippen LogP contribution in [0.5, 0.6) is 5.75 Å². The molecule has 0 radical (unpaired) electrons. The molecule has 82 valence electrons. The first-order chi connectivity index (χ1) is 6.83. The summed E-state index contributed by atoms with van der Waals surface area (Å²) in [6, 6.07) is 3.64. The van der Waals surface area contributed by atoms with E-state index in [2.05, 4.69) is 0 Å². The van der Waals surface area contributed by atoms with E-state index in [9.17, 15) is 9.18 Å². The van der Waals surface area contributed by atoms with E-state index >= 15 is 0 Å². The van der Waals surface area contributed by atoms with Gasteiger partial charge in [-0.1, -0.05) is 11.6 Å². The van der Waals surface area contributed by atoms with Crippen molar-refractivity contribution >= 4 is 28.4 Å². The number of halogens is 3. The molecular formula is C10H9Cl2FO2. The van der Waals surface area contributed by atoms with Gasteiger partial charge in [0.25, 0.3) is 5.24 Å². The Balaban J connectivity index is 2.95. The lowest BCUT2D eigenvalue weighted by Gasteiger charge is -2.22. The van der Waals surface area contributed by atoms with Gasteiger partial charge >= 0.3 is 0 Å². The summed E-state index contributed by atoms with van der Waals surface area (Å²) in [7, 11) is 0. The molecule has 15 heavy (non-hydrogen) atoms. The van der Waals surface area contributed by atoms with Gasteiger partial charge in [0.05, 0.1) is 5.02 Å². The molecule has 0 aliphatic heterocycles. The van der Waals surface area contributed by atoms with Gasteiger partial charge in [0.15, 0.2) is 5.60 Å². The van der Waals surface area contributed by atoms with Crippen LogP contribution in [0.2, 0.25) is 5.02 Å². The molecule has 1 aromatic rings. The Labute approximate surface area is 96.9 Å². The molecule has 0 spiro atoms. The van der Waals surface area contributed by atoms with Gasteiger partial charge in [-0.15, -0.1) is 0 Å². The molecular weight excluding hydrogens is 242 g/mol. The predicted molar refractivity (Wildman–Crippen MR) is 57.0 cm³/mol. The minimum absolute atomic E-state index is 0.0981. The zero-order chi connectivity index (χ0) is 11.6. The molecule has 0 saturated heterocycles. The SMILES string of the molecule is CC(C)(Oc1ccc(F)cc1Cl)C(=O)Cl. The van der Waals surface area contributed by atoms with Crippen LogP contribution in [-0.2, 0) is 4.79 Å². The molecule has 0 heterocycles. The first-order valence-corrected chi connectivity index (χ1v) is 4.92. The second-order valence-electron chi connectivity index (χ2n) is 3.46. The highest BCUT2D eigenvalue weighted by Crippen LogP contribution is 2.29. The third kappa shape index (κ3) is 3.08. The quantitative estimate of drug-likeness (QED) is 0.769. The third-order valence-electron chi connectivity index (χ3n) is 1.73. The fourth-order valence-electron chi connectivity index (χ4n) is 0.873. The van der Waals surface area contributed by atoms with Gasteiger partial charge in [-0.2, -0.15) is 0 Å². The van der Waals surface area contributed by atoms with Crippen LogP contribution in [0.1, 0.15) is 13.8 Å². The van der Waals surface area contributed by atoms with Crippen molar-refractivity contribution in [3.8, 4) is 5.75 Å². The summed E-state index contributed by atoms with van der Waals surface area (Å²) in [5.41, 5.74) is -1.19. The van der Waals surface area contributed by atoms with Crippen LogP contribution in [0.3, 0.4) is 0 Å². The van der Waals surface area contributed by atoms with Gasteiger partial charge in [-0.05, 0) is 43.6 Å². The summed E-state index contributed by atoms with van der Waals surface area (Å²) >= 11 is 11.0. The molecule has 0 aliphatic carbocycles. The standard InChI is InChI=1S/C10H9Cl2FO2/c1-10(2,9(12)14)15-8-4-3-6(13)5-7(8)11/h3-5H,1-2H3. The zero-order valence-corrected chi connectivity index (χ0v) is 9.69. The number of ether oxygens (including phenoxy) is 1. The molecule has 0 unspecified atom stereocenters. The summed E-state index contributed by atoms with van der Waals surface area (Å²) in [5.74, 6) is -0.251. The van der Waals surface area contributed by atoms with Crippen molar-refractivity contribution in [2.24, 2.45) is 0 Å². The first-order valence-electron chi connectivity index (χ1n) is 4.17. The minimum atomic E-state index is -1.19. The van der Waals surface area contributed by atoms with Crippen LogP contribution >= 0.6 is 23.2 Å². The van der Waals surface area contributed by atoms with E-state index in [1.54, 1.807) is 0 Å². The molecule has 0 amide bonds. The second kappa shape index (κ2) is 4.37. The summed E-state index contributed by atoms with van der Waals surface area (Å²) in [5, 5.41) is -0.552. The van der Waals surface area contributed by atoms with Crippen molar-refractivity contribution in [2.75, 3.05) is 0 Å². The minimum Gasteiger partial charge on any atom is -0.477 e. The van der Waals surface area contributed by atoms with Crippen molar-refractivity contribution in [1.82, 2.24) is 0 Å². The van der Waals surface area contributed by atoms with Crippen LogP contribution in [0, 0.1) is 5.82 Å². The van der Waals surface area contributed by atoms with E-state index in [-0.39, 0.29) is 10.8 Å². The van der Waals surface area contributed by atoms with Crippen LogP contribution in [0.15, 0.2) is 18.2 Å². The normalized spacial score (nSPS) is 11.3. The Hall–Kier alpha value is -0.800. The molecule has 0 aromatic heterocycles. The third-order valence-corrected chi connectivity index (χ3v) is 2.48. The number of hydrogen-bond donors (Lipinski definition) is 0. The maximum atomic E-state index is 12.7. The highest BCUT2D eigenvalue weighted by atomic mass is 35.5. The maximum absolute atomic E-state index is 12.7. The number of hydrogen-bond acceptors (Lipinski definition) is 2. The molecule has 1 aromatic carbocycles. The highest BCUT2D eigenvalue weighted by Gasteiger charge is 2.28. The Morgan fingerprint density at radius 1 is 1.47 bits per heavy atom. The van der Waals surface area contributed by atoms with Crippen LogP contribution in [0.25, 0.3) is 0 Å². The summed E-state index contributed by atoms with van der Waals surface area (Å²) in [4.78, 5) is 11.0. The van der Waals surface area contributed by atoms with Crippen LogP contribution in [0.4, 0.5) is 4.39 Å². The lowest BCUT2D eigenvalue weighted by molar-refractivity contribution is -0.123. The fourth-order valence-corrected chi connectivity index (χ4v) is 1.12. The monoisotopic (exact) mass is 250 g/mol. The van der Waals surface area contributed by atoms with Gasteiger partial charge in [0.1, 0.15) is 11.6 Å². The fraction of sp³-hybridized carbons (Fsp3) is 0.300. The maximum Gasteiger partial charge on any atom is 0.264 e. The van der Waals surface area contributed by atoms with Crippen molar-refractivity contribution in [2.45, 2.75) is 19.4 Å². The summed E-state index contributed by atoms with van der Waals surface area (Å²) < 4.78 is 18.0. The van der Waals surface area contributed by atoms with Gasteiger partial charge in [0, 0.05) is 0 Å². The summed E-state index contributed by atoms with van der Waals surface area (Å²) in [6.45, 7) is 3.00. The average Bonchev–Trinajstić information content (AvgIpc) is 2.09. The number of rotatable bonds is 3. The molecule has 5 heteroatoms. The zero-order valence-electron chi connectivity index (χ0n) is 8.18. The molecule has 0 bridgehead atoms. The molecule has 0 atom stereocenters. The van der Waals surface area contributed by atoms with Gasteiger partial charge in [-0.3, -0.25) is 4.79 Å². The first kappa shape index (κ1) is 12.3. The molecule has 0 fully saturated rings. The summed E-state index contributed by atoms with van der Waals surface area (Å²) in [6.07, 6.45) is 0. The van der Waals surface area contributed by atoms with Gasteiger partial charge in [-0.25, -0.2) is 4.39 Å². The lowest BCUT2D eigenvalue weighted by Crippen LogP contribution is -2.35. The Bertz CT molecular complexity index is 391. The van der Waals surface area contributed by atoms with E-state index in [1.165, 1.54) is 26.0 Å². The largest absolute Gasteiger partial charge is 0.477 e. The molecule has 1 rings (SSSR count).